The fourth-order valence-corrected chi connectivity index (χ4v) is 1.04. The first kappa shape index (κ1) is 11.1. The van der Waals surface area contributed by atoms with E-state index in [1.807, 2.05) is 6.07 Å². The van der Waals surface area contributed by atoms with E-state index in [9.17, 15) is 4.79 Å². The Labute approximate surface area is 86.7 Å². The SMILES string of the molecule is NC(CC(=O)NCCc1ccco1)=NO. The van der Waals surface area contributed by atoms with Gasteiger partial charge in [0.2, 0.25) is 5.91 Å². The predicted octanol–water partition coefficient (Wildman–Crippen LogP) is 0.0748. The van der Waals surface area contributed by atoms with Gasteiger partial charge >= 0.3 is 0 Å². The Bertz CT molecular complexity index is 332. The summed E-state index contributed by atoms with van der Waals surface area (Å²) >= 11 is 0. The average molecular weight is 211 g/mol. The van der Waals surface area contributed by atoms with E-state index in [0.29, 0.717) is 13.0 Å². The number of nitrogens with zero attached hydrogens (tertiary/aromatic N) is 1. The second-order valence-corrected chi connectivity index (χ2v) is 2.95. The molecule has 1 rings (SSSR count). The van der Waals surface area contributed by atoms with E-state index < -0.39 is 0 Å². The van der Waals surface area contributed by atoms with Crippen molar-refractivity contribution in [1.82, 2.24) is 5.32 Å². The number of oxime groups is 1. The summed E-state index contributed by atoms with van der Waals surface area (Å²) in [5, 5.41) is 13.5. The molecule has 0 saturated heterocycles. The molecule has 1 heterocycles. The van der Waals surface area contributed by atoms with Gasteiger partial charge in [-0.1, -0.05) is 5.16 Å². The molecule has 0 aliphatic heterocycles. The minimum absolute atomic E-state index is 0.103. The van der Waals surface area contributed by atoms with Gasteiger partial charge in [0.05, 0.1) is 12.7 Å². The highest BCUT2D eigenvalue weighted by Crippen LogP contribution is 1.99. The molecule has 0 aromatic carbocycles. The Balaban J connectivity index is 2.18. The number of furan rings is 1. The lowest BCUT2D eigenvalue weighted by Crippen LogP contribution is -2.30. The number of nitrogens with one attached hydrogen (secondary N) is 1. The van der Waals surface area contributed by atoms with E-state index in [0.717, 1.165) is 5.76 Å². The van der Waals surface area contributed by atoms with Crippen LogP contribution in [-0.4, -0.2) is 23.5 Å². The Kier molecular flexibility index (Phi) is 4.21. The molecule has 0 aliphatic carbocycles. The van der Waals surface area contributed by atoms with Crippen LogP contribution in [0.15, 0.2) is 28.0 Å². The van der Waals surface area contributed by atoms with Crippen LogP contribution in [0.25, 0.3) is 0 Å². The number of carbonyl (C=O) groups is 1. The maximum absolute atomic E-state index is 11.1. The molecule has 0 saturated carbocycles. The highest BCUT2D eigenvalue weighted by molar-refractivity contribution is 5.98. The molecule has 0 unspecified atom stereocenters. The van der Waals surface area contributed by atoms with Crippen LogP contribution in [0.5, 0.6) is 0 Å². The standard InChI is InChI=1S/C9H13N3O3/c10-8(12-14)6-9(13)11-4-3-7-2-1-5-15-7/h1-2,5,14H,3-4,6H2,(H2,10,12)(H,11,13). The van der Waals surface area contributed by atoms with Crippen molar-refractivity contribution in [2.24, 2.45) is 10.9 Å². The average Bonchev–Trinajstić information content (AvgIpc) is 2.70. The van der Waals surface area contributed by atoms with E-state index >= 15 is 0 Å². The van der Waals surface area contributed by atoms with Crippen molar-refractivity contribution < 1.29 is 14.4 Å². The Morgan fingerprint density at radius 2 is 2.47 bits per heavy atom. The minimum atomic E-state index is -0.281. The van der Waals surface area contributed by atoms with Gasteiger partial charge < -0.3 is 20.7 Å². The summed E-state index contributed by atoms with van der Waals surface area (Å²) in [6, 6.07) is 3.61. The predicted molar refractivity (Wildman–Crippen MR) is 53.4 cm³/mol. The van der Waals surface area contributed by atoms with E-state index in [1.165, 1.54) is 0 Å². The van der Waals surface area contributed by atoms with Crippen molar-refractivity contribution in [1.29, 1.82) is 0 Å². The van der Waals surface area contributed by atoms with Crippen LogP contribution in [0.4, 0.5) is 0 Å². The number of carbonyl (C=O) groups excluding carboxylic acids is 1. The zero-order valence-corrected chi connectivity index (χ0v) is 8.14. The smallest absolute Gasteiger partial charge is 0.227 e. The number of hydrogen-bond acceptors (Lipinski definition) is 4. The third-order valence-electron chi connectivity index (χ3n) is 1.74. The first-order chi connectivity index (χ1) is 7.22. The molecule has 15 heavy (non-hydrogen) atoms. The first-order valence-electron chi connectivity index (χ1n) is 4.48. The van der Waals surface area contributed by atoms with Crippen LogP contribution < -0.4 is 11.1 Å². The normalized spacial score (nSPS) is 11.3. The van der Waals surface area contributed by atoms with Crippen molar-refractivity contribution >= 4 is 11.7 Å². The van der Waals surface area contributed by atoms with Crippen LogP contribution in [-0.2, 0) is 11.2 Å². The van der Waals surface area contributed by atoms with Crippen molar-refractivity contribution in [2.75, 3.05) is 6.54 Å². The number of amides is 1. The highest BCUT2D eigenvalue weighted by atomic mass is 16.4. The molecule has 1 aromatic heterocycles. The molecular formula is C9H13N3O3. The topological polar surface area (TPSA) is 101 Å². The maximum Gasteiger partial charge on any atom is 0.227 e. The van der Waals surface area contributed by atoms with Gasteiger partial charge in [-0.3, -0.25) is 4.79 Å². The molecule has 82 valence electrons. The second kappa shape index (κ2) is 5.69. The lowest BCUT2D eigenvalue weighted by molar-refractivity contribution is -0.119. The molecule has 1 amide bonds. The van der Waals surface area contributed by atoms with Crippen LogP contribution in [0.1, 0.15) is 12.2 Å². The van der Waals surface area contributed by atoms with Crippen molar-refractivity contribution in [3.63, 3.8) is 0 Å². The van der Waals surface area contributed by atoms with Gasteiger partial charge in [-0.2, -0.15) is 0 Å². The van der Waals surface area contributed by atoms with Crippen LogP contribution in [0.2, 0.25) is 0 Å². The number of amidine groups is 1. The van der Waals surface area contributed by atoms with Crippen molar-refractivity contribution in [3.8, 4) is 0 Å². The summed E-state index contributed by atoms with van der Waals surface area (Å²) in [5.74, 6) is 0.418. The van der Waals surface area contributed by atoms with Gasteiger partial charge in [0, 0.05) is 13.0 Å². The van der Waals surface area contributed by atoms with E-state index in [1.54, 1.807) is 12.3 Å². The lowest BCUT2D eigenvalue weighted by atomic mass is 10.3. The fraction of sp³-hybridized carbons (Fsp3) is 0.333. The summed E-state index contributed by atoms with van der Waals surface area (Å²) in [4.78, 5) is 11.1. The highest BCUT2D eigenvalue weighted by Gasteiger charge is 2.04. The number of hydrogen-bond donors (Lipinski definition) is 3. The minimum Gasteiger partial charge on any atom is -0.469 e. The third-order valence-corrected chi connectivity index (χ3v) is 1.74. The zero-order valence-electron chi connectivity index (χ0n) is 8.14. The van der Waals surface area contributed by atoms with Crippen molar-refractivity contribution in [3.05, 3.63) is 24.2 Å². The summed E-state index contributed by atoms with van der Waals surface area (Å²) in [6.07, 6.45) is 2.09. The van der Waals surface area contributed by atoms with E-state index in [-0.39, 0.29) is 18.2 Å². The molecule has 6 nitrogen and oxygen atoms in total. The zero-order chi connectivity index (χ0) is 11.1. The molecule has 0 bridgehead atoms. The third kappa shape index (κ3) is 4.17. The largest absolute Gasteiger partial charge is 0.469 e. The molecule has 0 aliphatic rings. The van der Waals surface area contributed by atoms with Gasteiger partial charge in [-0.05, 0) is 12.1 Å². The Morgan fingerprint density at radius 3 is 3.07 bits per heavy atom. The quantitative estimate of drug-likeness (QED) is 0.278. The number of nitrogens with two attached hydrogens (primary N) is 1. The van der Waals surface area contributed by atoms with Crippen LogP contribution in [0.3, 0.4) is 0 Å². The van der Waals surface area contributed by atoms with Crippen molar-refractivity contribution in [2.45, 2.75) is 12.8 Å². The summed E-state index contributed by atoms with van der Waals surface area (Å²) < 4.78 is 5.08. The summed E-state index contributed by atoms with van der Waals surface area (Å²) in [5.41, 5.74) is 5.16. The fourth-order valence-electron chi connectivity index (χ4n) is 1.04. The molecule has 0 spiro atoms. The Morgan fingerprint density at radius 1 is 1.67 bits per heavy atom. The van der Waals surface area contributed by atoms with E-state index in [4.69, 9.17) is 15.4 Å². The molecule has 0 atom stereocenters. The molecule has 0 radical (unpaired) electrons. The van der Waals surface area contributed by atoms with Gasteiger partial charge in [-0.25, -0.2) is 0 Å². The second-order valence-electron chi connectivity index (χ2n) is 2.95. The molecule has 4 N–H and O–H groups in total. The molecule has 0 fully saturated rings. The number of rotatable bonds is 5. The van der Waals surface area contributed by atoms with Gasteiger partial charge in [0.1, 0.15) is 11.6 Å². The Hall–Kier alpha value is -1.98. The van der Waals surface area contributed by atoms with Gasteiger partial charge in [0.15, 0.2) is 0 Å². The van der Waals surface area contributed by atoms with Crippen LogP contribution >= 0.6 is 0 Å². The lowest BCUT2D eigenvalue weighted by Gasteiger charge is -2.02. The van der Waals surface area contributed by atoms with Crippen LogP contribution in [0, 0.1) is 0 Å². The molecular weight excluding hydrogens is 198 g/mol. The summed E-state index contributed by atoms with van der Waals surface area (Å²) in [7, 11) is 0. The monoisotopic (exact) mass is 211 g/mol. The molecule has 1 aromatic rings. The summed E-state index contributed by atoms with van der Waals surface area (Å²) in [6.45, 7) is 0.463. The maximum atomic E-state index is 11.1. The van der Waals surface area contributed by atoms with Gasteiger partial charge in [0.25, 0.3) is 0 Å². The van der Waals surface area contributed by atoms with Gasteiger partial charge in [-0.15, -0.1) is 0 Å². The van der Waals surface area contributed by atoms with E-state index in [2.05, 4.69) is 10.5 Å². The first-order valence-corrected chi connectivity index (χ1v) is 4.48. The molecule has 6 heteroatoms.